The van der Waals surface area contributed by atoms with Gasteiger partial charge in [0.1, 0.15) is 0 Å². The zero-order valence-corrected chi connectivity index (χ0v) is 10.4. The van der Waals surface area contributed by atoms with Gasteiger partial charge in [-0.15, -0.1) is 0 Å². The molecular formula is C12H24N2O2. The molecule has 0 aromatic rings. The summed E-state index contributed by atoms with van der Waals surface area (Å²) in [6.45, 7) is 2.83. The maximum Gasteiger partial charge on any atom is 0.239 e. The van der Waals surface area contributed by atoms with Gasteiger partial charge in [-0.1, -0.05) is 19.8 Å². The quantitative estimate of drug-likeness (QED) is 0.704. The minimum absolute atomic E-state index is 0.0369. The number of likely N-dealkylation sites (N-methyl/N-ethyl adjacent to an activating group) is 1. The van der Waals surface area contributed by atoms with Gasteiger partial charge in [0, 0.05) is 13.6 Å². The van der Waals surface area contributed by atoms with E-state index in [9.17, 15) is 4.79 Å². The number of rotatable bonds is 6. The molecule has 94 valence electrons. The number of unbranched alkanes of at least 4 members (excludes halogenated alkanes) is 1. The summed E-state index contributed by atoms with van der Waals surface area (Å²) >= 11 is 0. The highest BCUT2D eigenvalue weighted by molar-refractivity contribution is 5.81. The summed E-state index contributed by atoms with van der Waals surface area (Å²) in [7, 11) is 1.80. The van der Waals surface area contributed by atoms with Gasteiger partial charge in [0.15, 0.2) is 0 Å². The Bertz CT molecular complexity index is 227. The number of nitrogens with two attached hydrogens (primary N) is 1. The van der Waals surface area contributed by atoms with Crippen LogP contribution in [0.5, 0.6) is 0 Å². The molecule has 0 spiro atoms. The van der Waals surface area contributed by atoms with Gasteiger partial charge in [-0.05, 0) is 25.2 Å². The van der Waals surface area contributed by atoms with Gasteiger partial charge >= 0.3 is 0 Å². The van der Waals surface area contributed by atoms with Gasteiger partial charge in [0.25, 0.3) is 0 Å². The zero-order chi connectivity index (χ0) is 12.1. The number of hydrogen-bond acceptors (Lipinski definition) is 3. The Morgan fingerprint density at radius 2 is 2.19 bits per heavy atom. The average Bonchev–Trinajstić information content (AvgIpc) is 2.22. The molecule has 0 saturated heterocycles. The van der Waals surface area contributed by atoms with Crippen molar-refractivity contribution in [1.29, 1.82) is 0 Å². The highest BCUT2D eigenvalue weighted by Gasteiger charge is 2.29. The van der Waals surface area contributed by atoms with Gasteiger partial charge in [0.05, 0.1) is 12.1 Å². The van der Waals surface area contributed by atoms with E-state index in [1.54, 1.807) is 11.9 Å². The van der Waals surface area contributed by atoms with Crippen LogP contribution in [0, 0.1) is 5.92 Å². The van der Waals surface area contributed by atoms with E-state index in [0.717, 1.165) is 38.6 Å². The lowest BCUT2D eigenvalue weighted by Crippen LogP contribution is -2.46. The van der Waals surface area contributed by atoms with Crippen LogP contribution in [0.3, 0.4) is 0 Å². The summed E-state index contributed by atoms with van der Waals surface area (Å²) in [5.41, 5.74) is 5.83. The zero-order valence-electron chi connectivity index (χ0n) is 10.4. The van der Waals surface area contributed by atoms with Crippen LogP contribution in [0.1, 0.15) is 39.0 Å². The van der Waals surface area contributed by atoms with Gasteiger partial charge in [-0.3, -0.25) is 4.79 Å². The van der Waals surface area contributed by atoms with Crippen molar-refractivity contribution in [2.45, 2.75) is 51.2 Å². The monoisotopic (exact) mass is 228 g/mol. The number of aliphatic hydroxyl groups is 1. The van der Waals surface area contributed by atoms with Crippen LogP contribution in [0.4, 0.5) is 0 Å². The van der Waals surface area contributed by atoms with Gasteiger partial charge in [-0.25, -0.2) is 0 Å². The molecule has 0 aliphatic heterocycles. The first-order valence-corrected chi connectivity index (χ1v) is 6.23. The fourth-order valence-electron chi connectivity index (χ4n) is 2.16. The minimum Gasteiger partial charge on any atom is -0.393 e. The molecule has 0 unspecified atom stereocenters. The van der Waals surface area contributed by atoms with E-state index < -0.39 is 0 Å². The first-order chi connectivity index (χ1) is 7.54. The van der Waals surface area contributed by atoms with E-state index in [1.165, 1.54) is 0 Å². The molecule has 4 nitrogen and oxygen atoms in total. The van der Waals surface area contributed by atoms with E-state index in [4.69, 9.17) is 10.8 Å². The van der Waals surface area contributed by atoms with Crippen molar-refractivity contribution in [2.24, 2.45) is 11.7 Å². The van der Waals surface area contributed by atoms with Crippen LogP contribution in [0.15, 0.2) is 0 Å². The molecule has 3 N–H and O–H groups in total. The molecule has 0 heterocycles. The maximum atomic E-state index is 11.8. The summed E-state index contributed by atoms with van der Waals surface area (Å²) < 4.78 is 0. The van der Waals surface area contributed by atoms with Gasteiger partial charge in [0.2, 0.25) is 5.91 Å². The summed E-state index contributed by atoms with van der Waals surface area (Å²) in [5.74, 6) is 0.497. The van der Waals surface area contributed by atoms with Crippen molar-refractivity contribution < 1.29 is 9.90 Å². The van der Waals surface area contributed by atoms with Crippen LogP contribution < -0.4 is 5.73 Å². The van der Waals surface area contributed by atoms with Crippen molar-refractivity contribution in [3.8, 4) is 0 Å². The van der Waals surface area contributed by atoms with Crippen LogP contribution in [0.25, 0.3) is 0 Å². The highest BCUT2D eigenvalue weighted by atomic mass is 16.3. The fraction of sp³-hybridized carbons (Fsp3) is 0.917. The smallest absolute Gasteiger partial charge is 0.239 e. The summed E-state index contributed by atoms with van der Waals surface area (Å²) in [4.78, 5) is 13.6. The molecule has 4 heteroatoms. The third-order valence-corrected chi connectivity index (χ3v) is 3.30. The maximum absolute atomic E-state index is 11.8. The molecule has 1 atom stereocenters. The molecular weight excluding hydrogens is 204 g/mol. The second-order valence-electron chi connectivity index (χ2n) is 4.96. The molecule has 1 rings (SSSR count). The average molecular weight is 228 g/mol. The normalized spacial score (nSPS) is 26.0. The Morgan fingerprint density at radius 3 is 2.69 bits per heavy atom. The molecule has 1 amide bonds. The molecule has 1 fully saturated rings. The molecule has 1 aliphatic carbocycles. The predicted octanol–water partition coefficient (Wildman–Crippen LogP) is 0.733. The number of amides is 1. The highest BCUT2D eigenvalue weighted by Crippen LogP contribution is 2.27. The number of aliphatic hydroxyl groups excluding tert-OH is 1. The molecule has 0 aromatic carbocycles. The Hall–Kier alpha value is -0.610. The molecule has 1 aliphatic rings. The first kappa shape index (κ1) is 13.5. The number of nitrogens with zero attached hydrogens (tertiary/aromatic N) is 1. The van der Waals surface area contributed by atoms with Crippen LogP contribution >= 0.6 is 0 Å². The lowest BCUT2D eigenvalue weighted by Gasteiger charge is -2.35. The van der Waals surface area contributed by atoms with Crippen molar-refractivity contribution in [3.63, 3.8) is 0 Å². The molecule has 1 saturated carbocycles. The van der Waals surface area contributed by atoms with Crippen molar-refractivity contribution >= 4 is 5.91 Å². The standard InChI is InChI=1S/C12H24N2O2/c1-3-4-5-11(13)12(16)14(2)8-9-6-10(15)7-9/h9-11,15H,3-8,13H2,1-2H3/t9?,10?,11-/m0/s1. The van der Waals surface area contributed by atoms with Gasteiger partial charge < -0.3 is 15.7 Å². The Kier molecular flexibility index (Phi) is 5.22. The largest absolute Gasteiger partial charge is 0.393 e. The third kappa shape index (κ3) is 3.76. The van der Waals surface area contributed by atoms with Crippen LogP contribution in [-0.2, 0) is 4.79 Å². The first-order valence-electron chi connectivity index (χ1n) is 6.23. The Morgan fingerprint density at radius 1 is 1.56 bits per heavy atom. The van der Waals surface area contributed by atoms with Crippen molar-refractivity contribution in [2.75, 3.05) is 13.6 Å². The number of hydrogen-bond donors (Lipinski definition) is 2. The van der Waals surface area contributed by atoms with E-state index in [-0.39, 0.29) is 18.1 Å². The summed E-state index contributed by atoms with van der Waals surface area (Å²) in [6, 6.07) is -0.352. The van der Waals surface area contributed by atoms with E-state index in [1.807, 2.05) is 0 Å². The van der Waals surface area contributed by atoms with Gasteiger partial charge in [-0.2, -0.15) is 0 Å². The summed E-state index contributed by atoms with van der Waals surface area (Å²) in [5, 5.41) is 9.17. The molecule has 0 bridgehead atoms. The lowest BCUT2D eigenvalue weighted by molar-refractivity contribution is -0.133. The van der Waals surface area contributed by atoms with E-state index >= 15 is 0 Å². The predicted molar refractivity (Wildman–Crippen MR) is 63.9 cm³/mol. The molecule has 16 heavy (non-hydrogen) atoms. The number of carbonyl (C=O) groups is 1. The lowest BCUT2D eigenvalue weighted by atomic mass is 9.82. The minimum atomic E-state index is -0.352. The van der Waals surface area contributed by atoms with Crippen molar-refractivity contribution in [1.82, 2.24) is 4.90 Å². The second kappa shape index (κ2) is 6.21. The summed E-state index contributed by atoms with van der Waals surface area (Å²) in [6.07, 6.45) is 4.33. The van der Waals surface area contributed by atoms with Crippen LogP contribution in [-0.4, -0.2) is 41.7 Å². The molecule has 0 aromatic heterocycles. The SMILES string of the molecule is CCCC[C@H](N)C(=O)N(C)CC1CC(O)C1. The third-order valence-electron chi connectivity index (χ3n) is 3.30. The fourth-order valence-corrected chi connectivity index (χ4v) is 2.16. The van der Waals surface area contributed by atoms with E-state index in [0.29, 0.717) is 5.92 Å². The van der Waals surface area contributed by atoms with Crippen molar-refractivity contribution in [3.05, 3.63) is 0 Å². The molecule has 0 radical (unpaired) electrons. The Balaban J connectivity index is 2.24. The topological polar surface area (TPSA) is 66.6 Å². The second-order valence-corrected chi connectivity index (χ2v) is 4.96. The van der Waals surface area contributed by atoms with Crippen LogP contribution in [0.2, 0.25) is 0 Å². The number of carbonyl (C=O) groups excluding carboxylic acids is 1. The van der Waals surface area contributed by atoms with E-state index in [2.05, 4.69) is 6.92 Å². The Labute approximate surface area is 97.8 Å².